The van der Waals surface area contributed by atoms with E-state index in [1.807, 2.05) is 13.8 Å². The summed E-state index contributed by atoms with van der Waals surface area (Å²) in [5.74, 6) is 1.88. The van der Waals surface area contributed by atoms with Gasteiger partial charge in [0.15, 0.2) is 0 Å². The normalized spacial score (nSPS) is 15.5. The lowest BCUT2D eigenvalue weighted by atomic mass is 9.99. The number of nitrogens with one attached hydrogen (secondary N) is 1. The highest BCUT2D eigenvalue weighted by Gasteiger charge is 2.20. The molecule has 0 spiro atoms. The van der Waals surface area contributed by atoms with E-state index in [2.05, 4.69) is 35.5 Å². The first-order chi connectivity index (χ1) is 11.1. The largest absolute Gasteiger partial charge is 0.481 e. The number of terminal acetylenes is 1. The monoisotopic (exact) mass is 315 g/mol. The van der Waals surface area contributed by atoms with E-state index < -0.39 is 5.97 Å². The number of aliphatic carboxylic acids is 1. The molecule has 0 saturated heterocycles. The molecular formula is C20H29NO2. The van der Waals surface area contributed by atoms with E-state index in [9.17, 15) is 4.79 Å². The van der Waals surface area contributed by atoms with E-state index in [0.717, 1.165) is 25.7 Å². The van der Waals surface area contributed by atoms with Crippen molar-refractivity contribution in [1.29, 1.82) is 0 Å². The second-order valence-electron chi connectivity index (χ2n) is 5.99. The highest BCUT2D eigenvalue weighted by molar-refractivity contribution is 5.69. The number of carbonyl (C=O) groups is 1. The molecule has 0 fully saturated rings. The highest BCUT2D eigenvalue weighted by Crippen LogP contribution is 2.30. The van der Waals surface area contributed by atoms with Crippen molar-refractivity contribution in [3.63, 3.8) is 0 Å². The highest BCUT2D eigenvalue weighted by atomic mass is 16.4. The summed E-state index contributed by atoms with van der Waals surface area (Å²) in [5, 5.41) is 12.0. The molecule has 0 aliphatic heterocycles. The van der Waals surface area contributed by atoms with Crippen LogP contribution in [0.15, 0.2) is 24.3 Å². The lowest BCUT2D eigenvalue weighted by molar-refractivity contribution is -0.142. The predicted octanol–water partition coefficient (Wildman–Crippen LogP) is 4.18. The van der Waals surface area contributed by atoms with Crippen molar-refractivity contribution in [3.8, 4) is 12.3 Å². The third-order valence-electron chi connectivity index (χ3n) is 4.21. The Kier molecular flexibility index (Phi) is 9.09. The van der Waals surface area contributed by atoms with Crippen LogP contribution in [0, 0.1) is 18.3 Å². The molecule has 0 saturated carbocycles. The van der Waals surface area contributed by atoms with Gasteiger partial charge in [0.2, 0.25) is 0 Å². The Morgan fingerprint density at radius 1 is 1.35 bits per heavy atom. The molecule has 2 N–H and O–H groups in total. The smallest absolute Gasteiger partial charge is 0.306 e. The van der Waals surface area contributed by atoms with Crippen LogP contribution in [-0.2, 0) is 11.2 Å². The molecule has 0 heterocycles. The number of aryl methyl sites for hydroxylation is 1. The first-order valence-electron chi connectivity index (χ1n) is 8.61. The van der Waals surface area contributed by atoms with Gasteiger partial charge in [-0.05, 0) is 36.8 Å². The number of carboxylic acid groups (broad SMARTS) is 1. The average molecular weight is 315 g/mol. The van der Waals surface area contributed by atoms with Gasteiger partial charge in [0, 0.05) is 6.04 Å². The molecule has 0 amide bonds. The molecule has 2 rings (SSSR count). The van der Waals surface area contributed by atoms with Gasteiger partial charge in [-0.2, -0.15) is 0 Å². The summed E-state index contributed by atoms with van der Waals surface area (Å²) in [5.41, 5.74) is 2.90. The minimum Gasteiger partial charge on any atom is -0.481 e. The van der Waals surface area contributed by atoms with Crippen molar-refractivity contribution in [3.05, 3.63) is 35.4 Å². The van der Waals surface area contributed by atoms with Gasteiger partial charge < -0.3 is 5.11 Å². The maximum atomic E-state index is 10.5. The number of carboxylic acids is 1. The van der Waals surface area contributed by atoms with Crippen molar-refractivity contribution in [2.24, 2.45) is 5.92 Å². The van der Waals surface area contributed by atoms with Crippen LogP contribution in [0.2, 0.25) is 0 Å². The maximum absolute atomic E-state index is 10.5. The van der Waals surface area contributed by atoms with E-state index in [1.54, 1.807) is 0 Å². The number of fused-ring (bicyclic) bond motifs is 1. The number of benzene rings is 1. The van der Waals surface area contributed by atoms with Gasteiger partial charge in [0.25, 0.3) is 0 Å². The molecule has 0 unspecified atom stereocenters. The maximum Gasteiger partial charge on any atom is 0.306 e. The Morgan fingerprint density at radius 3 is 2.57 bits per heavy atom. The molecule has 126 valence electrons. The molecule has 1 aromatic carbocycles. The predicted molar refractivity (Wildman–Crippen MR) is 95.3 cm³/mol. The molecule has 3 heteroatoms. The minimum absolute atomic E-state index is 0.102. The topological polar surface area (TPSA) is 49.3 Å². The van der Waals surface area contributed by atoms with Crippen LogP contribution >= 0.6 is 0 Å². The van der Waals surface area contributed by atoms with Crippen LogP contribution in [0.1, 0.15) is 63.1 Å². The van der Waals surface area contributed by atoms with Crippen molar-refractivity contribution < 1.29 is 9.90 Å². The van der Waals surface area contributed by atoms with Gasteiger partial charge >= 0.3 is 5.97 Å². The SMILES string of the molecule is C#CCN[C@@H]1CCc2ccccc21.CCCC(CCC)C(=O)O. The van der Waals surface area contributed by atoms with Gasteiger partial charge in [0.05, 0.1) is 12.5 Å². The quantitative estimate of drug-likeness (QED) is 0.742. The molecule has 3 nitrogen and oxygen atoms in total. The molecule has 0 bridgehead atoms. The first kappa shape index (κ1) is 19.3. The van der Waals surface area contributed by atoms with Crippen molar-refractivity contribution in [2.45, 2.75) is 58.4 Å². The van der Waals surface area contributed by atoms with Gasteiger partial charge in [-0.1, -0.05) is 56.9 Å². The summed E-state index contributed by atoms with van der Waals surface area (Å²) < 4.78 is 0. The minimum atomic E-state index is -0.635. The van der Waals surface area contributed by atoms with Crippen LogP contribution in [-0.4, -0.2) is 17.6 Å². The fourth-order valence-electron chi connectivity index (χ4n) is 3.04. The zero-order valence-corrected chi connectivity index (χ0v) is 14.3. The van der Waals surface area contributed by atoms with Crippen LogP contribution in [0.25, 0.3) is 0 Å². The number of hydrogen-bond donors (Lipinski definition) is 2. The van der Waals surface area contributed by atoms with E-state index in [4.69, 9.17) is 11.5 Å². The van der Waals surface area contributed by atoms with E-state index >= 15 is 0 Å². The summed E-state index contributed by atoms with van der Waals surface area (Å²) in [6.07, 6.45) is 11.2. The Bertz CT molecular complexity index is 513. The van der Waals surface area contributed by atoms with Crippen LogP contribution in [0.3, 0.4) is 0 Å². The third kappa shape index (κ3) is 6.46. The molecular weight excluding hydrogens is 286 g/mol. The van der Waals surface area contributed by atoms with Gasteiger partial charge in [0.1, 0.15) is 0 Å². The first-order valence-corrected chi connectivity index (χ1v) is 8.61. The average Bonchev–Trinajstić information content (AvgIpc) is 2.96. The summed E-state index contributed by atoms with van der Waals surface area (Å²) in [7, 11) is 0. The molecule has 1 aliphatic carbocycles. The van der Waals surface area contributed by atoms with E-state index in [-0.39, 0.29) is 5.92 Å². The van der Waals surface area contributed by atoms with Crippen LogP contribution in [0.4, 0.5) is 0 Å². The Balaban J connectivity index is 0.000000241. The number of rotatable bonds is 7. The lowest BCUT2D eigenvalue weighted by Crippen LogP contribution is -2.19. The van der Waals surface area contributed by atoms with Crippen molar-refractivity contribution >= 4 is 5.97 Å². The fraction of sp³-hybridized carbons (Fsp3) is 0.550. The van der Waals surface area contributed by atoms with Gasteiger partial charge in [-0.3, -0.25) is 10.1 Å². The zero-order chi connectivity index (χ0) is 17.1. The van der Waals surface area contributed by atoms with E-state index in [1.165, 1.54) is 24.0 Å². The standard InChI is InChI=1S/C12H13N.C8H16O2/c1-2-9-13-12-8-7-10-5-3-4-6-11(10)12;1-3-5-7(6-4-2)8(9)10/h1,3-6,12-13H,7-9H2;7H,3-6H2,1-2H3,(H,9,10)/t12-;/m1./s1. The van der Waals surface area contributed by atoms with Crippen molar-refractivity contribution in [1.82, 2.24) is 5.32 Å². The van der Waals surface area contributed by atoms with Crippen molar-refractivity contribution in [2.75, 3.05) is 6.54 Å². The second-order valence-corrected chi connectivity index (χ2v) is 5.99. The molecule has 0 radical (unpaired) electrons. The Morgan fingerprint density at radius 2 is 2.00 bits per heavy atom. The van der Waals surface area contributed by atoms with Gasteiger partial charge in [-0.15, -0.1) is 6.42 Å². The van der Waals surface area contributed by atoms with Crippen LogP contribution < -0.4 is 5.32 Å². The van der Waals surface area contributed by atoms with Crippen LogP contribution in [0.5, 0.6) is 0 Å². The fourth-order valence-corrected chi connectivity index (χ4v) is 3.04. The molecule has 1 atom stereocenters. The lowest BCUT2D eigenvalue weighted by Gasteiger charge is -2.10. The summed E-state index contributed by atoms with van der Waals surface area (Å²) in [4.78, 5) is 10.5. The molecule has 1 aliphatic rings. The second kappa shape index (κ2) is 10.9. The summed E-state index contributed by atoms with van der Waals surface area (Å²) >= 11 is 0. The Labute approximate surface area is 140 Å². The zero-order valence-electron chi connectivity index (χ0n) is 14.3. The summed E-state index contributed by atoms with van der Waals surface area (Å²) in [6, 6.07) is 9.06. The third-order valence-corrected chi connectivity index (χ3v) is 4.21. The number of hydrogen-bond acceptors (Lipinski definition) is 2. The van der Waals surface area contributed by atoms with E-state index in [0.29, 0.717) is 12.6 Å². The Hall–Kier alpha value is -1.79. The molecule has 0 aromatic heterocycles. The molecule has 23 heavy (non-hydrogen) atoms. The summed E-state index contributed by atoms with van der Waals surface area (Å²) in [6.45, 7) is 4.70. The molecule has 1 aromatic rings. The van der Waals surface area contributed by atoms with Gasteiger partial charge in [-0.25, -0.2) is 0 Å².